The van der Waals surface area contributed by atoms with Crippen molar-refractivity contribution in [2.75, 3.05) is 19.6 Å². The highest BCUT2D eigenvalue weighted by Crippen LogP contribution is 2.22. The van der Waals surface area contributed by atoms with Gasteiger partial charge in [0.15, 0.2) is 0 Å². The molecule has 1 aliphatic rings. The molecule has 0 unspecified atom stereocenters. The largest absolute Gasteiger partial charge is 0.466 e. The first-order chi connectivity index (χ1) is 12.7. The second kappa shape index (κ2) is 8.12. The molecule has 1 aromatic carbocycles. The summed E-state index contributed by atoms with van der Waals surface area (Å²) >= 11 is 0. The Balaban J connectivity index is 1.51. The number of rotatable bonds is 6. The number of likely N-dealkylation sites (tertiary alicyclic amines) is 1. The van der Waals surface area contributed by atoms with Gasteiger partial charge in [-0.25, -0.2) is 17.5 Å². The minimum atomic E-state index is -3.61. The highest BCUT2D eigenvalue weighted by molar-refractivity contribution is 7.89. The highest BCUT2D eigenvalue weighted by atomic mass is 32.2. The third-order valence-corrected chi connectivity index (χ3v) is 6.82. The van der Waals surface area contributed by atoms with Crippen molar-refractivity contribution in [2.24, 2.45) is 5.92 Å². The lowest BCUT2D eigenvalue weighted by molar-refractivity contribution is 0.178. The van der Waals surface area contributed by atoms with Gasteiger partial charge in [-0.3, -0.25) is 4.90 Å². The number of sulfonamides is 1. The Kier molecular flexibility index (Phi) is 6.03. The van der Waals surface area contributed by atoms with E-state index in [0.717, 1.165) is 44.0 Å². The van der Waals surface area contributed by atoms with Gasteiger partial charge in [0.2, 0.25) is 10.0 Å². The first kappa shape index (κ1) is 20.0. The van der Waals surface area contributed by atoms with Crippen molar-refractivity contribution in [3.63, 3.8) is 0 Å². The van der Waals surface area contributed by atoms with Gasteiger partial charge in [-0.15, -0.1) is 0 Å². The van der Waals surface area contributed by atoms with Crippen molar-refractivity contribution in [3.05, 3.63) is 52.7 Å². The van der Waals surface area contributed by atoms with E-state index in [0.29, 0.717) is 18.0 Å². The van der Waals surface area contributed by atoms with Gasteiger partial charge in [-0.05, 0) is 82.4 Å². The smallest absolute Gasteiger partial charge is 0.240 e. The molecule has 0 spiro atoms. The Morgan fingerprint density at radius 2 is 1.89 bits per heavy atom. The van der Waals surface area contributed by atoms with E-state index in [9.17, 15) is 12.8 Å². The van der Waals surface area contributed by atoms with E-state index < -0.39 is 15.8 Å². The summed E-state index contributed by atoms with van der Waals surface area (Å²) in [4.78, 5) is 2.53. The number of halogens is 1. The van der Waals surface area contributed by atoms with Gasteiger partial charge >= 0.3 is 0 Å². The van der Waals surface area contributed by atoms with Crippen LogP contribution in [0.4, 0.5) is 4.39 Å². The maximum absolute atomic E-state index is 13.2. The lowest BCUT2D eigenvalue weighted by Crippen LogP contribution is -2.38. The lowest BCUT2D eigenvalue weighted by Gasteiger charge is -2.31. The molecule has 5 nitrogen and oxygen atoms in total. The van der Waals surface area contributed by atoms with Gasteiger partial charge in [0, 0.05) is 18.7 Å². The van der Waals surface area contributed by atoms with Crippen molar-refractivity contribution in [1.29, 1.82) is 0 Å². The van der Waals surface area contributed by atoms with E-state index in [4.69, 9.17) is 4.42 Å². The van der Waals surface area contributed by atoms with E-state index in [2.05, 4.69) is 15.7 Å². The fraction of sp³-hybridized carbons (Fsp3) is 0.500. The van der Waals surface area contributed by atoms with Gasteiger partial charge in [-0.2, -0.15) is 0 Å². The van der Waals surface area contributed by atoms with Crippen LogP contribution in [0.1, 0.15) is 35.5 Å². The average Bonchev–Trinajstić information content (AvgIpc) is 2.91. The number of nitrogens with zero attached hydrogens (tertiary/aromatic N) is 1. The number of benzene rings is 1. The zero-order valence-corrected chi connectivity index (χ0v) is 16.9. The van der Waals surface area contributed by atoms with Crippen molar-refractivity contribution in [3.8, 4) is 0 Å². The highest BCUT2D eigenvalue weighted by Gasteiger charge is 2.23. The summed E-state index contributed by atoms with van der Waals surface area (Å²) in [7, 11) is -3.61. The van der Waals surface area contributed by atoms with E-state index >= 15 is 0 Å². The van der Waals surface area contributed by atoms with Gasteiger partial charge in [0.25, 0.3) is 0 Å². The molecule has 1 N–H and O–H groups in total. The van der Waals surface area contributed by atoms with Crippen LogP contribution in [-0.4, -0.2) is 33.0 Å². The molecule has 148 valence electrons. The molecule has 0 radical (unpaired) electrons. The van der Waals surface area contributed by atoms with E-state index in [1.54, 1.807) is 6.92 Å². The maximum Gasteiger partial charge on any atom is 0.240 e. The molecule has 1 aromatic heterocycles. The van der Waals surface area contributed by atoms with E-state index in [1.165, 1.54) is 23.8 Å². The SMILES string of the molecule is Cc1cc(CN2CCC(CNS(=O)(=O)c3ccc(F)cc3C)CC2)c(C)o1. The van der Waals surface area contributed by atoms with Crippen molar-refractivity contribution < 1.29 is 17.2 Å². The molecule has 1 fully saturated rings. The molecular weight excluding hydrogens is 367 g/mol. The fourth-order valence-electron chi connectivity index (χ4n) is 3.65. The topological polar surface area (TPSA) is 62.6 Å². The van der Waals surface area contributed by atoms with Crippen molar-refractivity contribution in [2.45, 2.75) is 45.1 Å². The van der Waals surface area contributed by atoms with Crippen LogP contribution in [-0.2, 0) is 16.6 Å². The first-order valence-electron chi connectivity index (χ1n) is 9.28. The molecule has 0 amide bonds. The summed E-state index contributed by atoms with van der Waals surface area (Å²) in [5.41, 5.74) is 1.64. The zero-order valence-electron chi connectivity index (χ0n) is 16.1. The first-order valence-corrected chi connectivity index (χ1v) is 10.8. The molecule has 0 saturated carbocycles. The number of hydrogen-bond acceptors (Lipinski definition) is 4. The van der Waals surface area contributed by atoms with Crippen LogP contribution in [0.2, 0.25) is 0 Å². The molecule has 7 heteroatoms. The normalized spacial score (nSPS) is 16.7. The molecule has 0 aliphatic carbocycles. The molecule has 0 atom stereocenters. The Morgan fingerprint density at radius 1 is 1.19 bits per heavy atom. The number of furan rings is 1. The van der Waals surface area contributed by atoms with Crippen LogP contribution in [0.5, 0.6) is 0 Å². The molecule has 3 rings (SSSR count). The van der Waals surface area contributed by atoms with Crippen LogP contribution in [0.3, 0.4) is 0 Å². The minimum absolute atomic E-state index is 0.145. The van der Waals surface area contributed by atoms with Gasteiger partial charge in [-0.1, -0.05) is 0 Å². The van der Waals surface area contributed by atoms with Crippen LogP contribution in [0.25, 0.3) is 0 Å². The second-order valence-electron chi connectivity index (χ2n) is 7.42. The van der Waals surface area contributed by atoms with Crippen LogP contribution in [0.15, 0.2) is 33.6 Å². The van der Waals surface area contributed by atoms with Crippen LogP contribution in [0, 0.1) is 32.5 Å². The number of aryl methyl sites for hydroxylation is 3. The monoisotopic (exact) mass is 394 g/mol. The summed E-state index contributed by atoms with van der Waals surface area (Å²) < 4.78 is 46.5. The van der Waals surface area contributed by atoms with Crippen molar-refractivity contribution >= 4 is 10.0 Å². The second-order valence-corrected chi connectivity index (χ2v) is 9.16. The van der Waals surface area contributed by atoms with Crippen LogP contribution >= 0.6 is 0 Å². The minimum Gasteiger partial charge on any atom is -0.466 e. The summed E-state index contributed by atoms with van der Waals surface area (Å²) in [5, 5.41) is 0. The average molecular weight is 395 g/mol. The summed E-state index contributed by atoms with van der Waals surface area (Å²) in [6.45, 7) is 8.71. The summed E-state index contributed by atoms with van der Waals surface area (Å²) in [5.74, 6) is 1.78. The Morgan fingerprint density at radius 3 is 2.48 bits per heavy atom. The lowest BCUT2D eigenvalue weighted by atomic mass is 9.97. The third-order valence-electron chi connectivity index (χ3n) is 5.23. The molecule has 27 heavy (non-hydrogen) atoms. The molecule has 1 saturated heterocycles. The van der Waals surface area contributed by atoms with Gasteiger partial charge in [0.1, 0.15) is 17.3 Å². The van der Waals surface area contributed by atoms with E-state index in [1.807, 2.05) is 13.8 Å². The number of hydrogen-bond donors (Lipinski definition) is 1. The molecule has 2 heterocycles. The summed E-state index contributed by atoms with van der Waals surface area (Å²) in [6.07, 6.45) is 1.89. The van der Waals surface area contributed by atoms with E-state index in [-0.39, 0.29) is 4.90 Å². The standard InChI is InChI=1S/C20H27FN2O3S/c1-14-10-19(21)4-5-20(14)27(24,25)22-12-17-6-8-23(9-7-17)13-18-11-15(2)26-16(18)3/h4-5,10-11,17,22H,6-9,12-13H2,1-3H3. The Hall–Kier alpha value is -1.70. The number of nitrogens with one attached hydrogen (secondary N) is 1. The third kappa shape index (κ3) is 4.97. The van der Waals surface area contributed by atoms with Crippen LogP contribution < -0.4 is 4.72 Å². The Bertz CT molecular complexity index is 900. The molecule has 2 aromatic rings. The number of piperidine rings is 1. The molecule has 1 aliphatic heterocycles. The predicted molar refractivity (Wildman–Crippen MR) is 103 cm³/mol. The Labute approximate surface area is 160 Å². The predicted octanol–water partition coefficient (Wildman–Crippen LogP) is 3.53. The fourth-order valence-corrected chi connectivity index (χ4v) is 4.99. The van der Waals surface area contributed by atoms with Gasteiger partial charge < -0.3 is 4.42 Å². The van der Waals surface area contributed by atoms with Crippen molar-refractivity contribution in [1.82, 2.24) is 9.62 Å². The van der Waals surface area contributed by atoms with Gasteiger partial charge in [0.05, 0.1) is 4.90 Å². The maximum atomic E-state index is 13.2. The zero-order chi connectivity index (χ0) is 19.6. The molecule has 0 bridgehead atoms. The molecular formula is C20H27FN2O3S. The quantitative estimate of drug-likeness (QED) is 0.814. The summed E-state index contributed by atoms with van der Waals surface area (Å²) in [6, 6.07) is 5.83.